The van der Waals surface area contributed by atoms with Crippen LogP contribution in [0.25, 0.3) is 0 Å². The van der Waals surface area contributed by atoms with Gasteiger partial charge >= 0.3 is 0 Å². The second-order valence-corrected chi connectivity index (χ2v) is 7.38. The molecule has 0 saturated carbocycles. The summed E-state index contributed by atoms with van der Waals surface area (Å²) in [6.45, 7) is 1.74. The summed E-state index contributed by atoms with van der Waals surface area (Å²) in [5, 5.41) is 3.64. The fraction of sp³-hybridized carbons (Fsp3) is 0.316. The van der Waals surface area contributed by atoms with Crippen LogP contribution in [-0.4, -0.2) is 38.9 Å². The molecule has 2 N–H and O–H groups in total. The first-order valence-corrected chi connectivity index (χ1v) is 9.53. The summed E-state index contributed by atoms with van der Waals surface area (Å²) in [7, 11) is 3.62. The second kappa shape index (κ2) is 10.3. The van der Waals surface area contributed by atoms with E-state index in [1.807, 2.05) is 37.4 Å². The predicted octanol–water partition coefficient (Wildman–Crippen LogP) is 2.27. The van der Waals surface area contributed by atoms with Crippen molar-refractivity contribution in [2.75, 3.05) is 33.0 Å². The van der Waals surface area contributed by atoms with E-state index in [9.17, 15) is 4.79 Å². The van der Waals surface area contributed by atoms with Gasteiger partial charge in [-0.3, -0.25) is 4.79 Å². The van der Waals surface area contributed by atoms with Crippen LogP contribution in [0.15, 0.2) is 53.4 Å². The molecule has 0 saturated heterocycles. The summed E-state index contributed by atoms with van der Waals surface area (Å²) < 4.78 is 5.35. The van der Waals surface area contributed by atoms with Crippen LogP contribution in [0.2, 0.25) is 5.02 Å². The van der Waals surface area contributed by atoms with Gasteiger partial charge in [-0.25, -0.2) is 0 Å². The first kappa shape index (κ1) is 19.6. The van der Waals surface area contributed by atoms with E-state index in [1.165, 1.54) is 4.90 Å². The van der Waals surface area contributed by atoms with Crippen LogP contribution in [0.4, 0.5) is 0 Å². The molecule has 0 spiro atoms. The summed E-state index contributed by atoms with van der Waals surface area (Å²) in [5.74, 6) is 1.70. The number of likely N-dealkylation sites (N-methyl/N-ethyl adjacent to an activating group) is 1. The highest BCUT2D eigenvalue weighted by Gasteiger charge is 2.13. The SMILES string of the molecule is COc1ccc(Cl)cc1C[NH+](C)CC(=O)NCCSc1ccccc1. The van der Waals surface area contributed by atoms with E-state index in [1.54, 1.807) is 24.9 Å². The highest BCUT2D eigenvalue weighted by Crippen LogP contribution is 2.21. The Kier molecular flexibility index (Phi) is 8.12. The van der Waals surface area contributed by atoms with Gasteiger partial charge in [0.15, 0.2) is 6.54 Å². The van der Waals surface area contributed by atoms with Gasteiger partial charge < -0.3 is 15.0 Å². The van der Waals surface area contributed by atoms with Crippen LogP contribution in [0.1, 0.15) is 5.56 Å². The molecule has 2 aromatic carbocycles. The average molecular weight is 380 g/mol. The van der Waals surface area contributed by atoms with Gasteiger partial charge in [-0.15, -0.1) is 11.8 Å². The molecule has 4 nitrogen and oxygen atoms in total. The standard InChI is InChI=1S/C19H23ClN2O2S/c1-22(13-15-12-16(20)8-9-18(15)24-2)14-19(23)21-10-11-25-17-6-4-3-5-7-17/h3-9,12H,10-11,13-14H2,1-2H3,(H,21,23)/p+1. The lowest BCUT2D eigenvalue weighted by Gasteiger charge is -2.16. The zero-order chi connectivity index (χ0) is 18.1. The number of hydrogen-bond donors (Lipinski definition) is 2. The number of thioether (sulfide) groups is 1. The first-order valence-electron chi connectivity index (χ1n) is 8.16. The minimum absolute atomic E-state index is 0.0483. The maximum atomic E-state index is 12.1. The van der Waals surface area contributed by atoms with Crippen molar-refractivity contribution in [3.05, 3.63) is 59.1 Å². The highest BCUT2D eigenvalue weighted by molar-refractivity contribution is 7.99. The number of carbonyl (C=O) groups excluding carboxylic acids is 1. The van der Waals surface area contributed by atoms with Crippen LogP contribution in [0.5, 0.6) is 5.75 Å². The Morgan fingerprint density at radius 3 is 2.72 bits per heavy atom. The van der Waals surface area contributed by atoms with E-state index >= 15 is 0 Å². The Labute approximate surface area is 158 Å². The van der Waals surface area contributed by atoms with Gasteiger partial charge in [0.25, 0.3) is 5.91 Å². The summed E-state index contributed by atoms with van der Waals surface area (Å²) in [5.41, 5.74) is 1.000. The Balaban J connectivity index is 1.72. The van der Waals surface area contributed by atoms with E-state index in [2.05, 4.69) is 17.4 Å². The molecule has 25 heavy (non-hydrogen) atoms. The van der Waals surface area contributed by atoms with Gasteiger partial charge in [-0.2, -0.15) is 0 Å². The van der Waals surface area contributed by atoms with Crippen LogP contribution in [-0.2, 0) is 11.3 Å². The van der Waals surface area contributed by atoms with Crippen LogP contribution in [0.3, 0.4) is 0 Å². The molecule has 0 aliphatic carbocycles. The number of methoxy groups -OCH3 is 1. The summed E-state index contributed by atoms with van der Waals surface area (Å²) in [6, 6.07) is 15.7. The molecule has 0 heterocycles. The smallest absolute Gasteiger partial charge is 0.275 e. The molecule has 6 heteroatoms. The minimum atomic E-state index is 0.0483. The Morgan fingerprint density at radius 1 is 1.24 bits per heavy atom. The van der Waals surface area contributed by atoms with E-state index in [4.69, 9.17) is 16.3 Å². The molecule has 134 valence electrons. The van der Waals surface area contributed by atoms with Crippen molar-refractivity contribution in [3.63, 3.8) is 0 Å². The summed E-state index contributed by atoms with van der Waals surface area (Å²) in [4.78, 5) is 14.4. The number of ether oxygens (including phenoxy) is 1. The van der Waals surface area contributed by atoms with Crippen molar-refractivity contribution >= 4 is 29.3 Å². The zero-order valence-electron chi connectivity index (χ0n) is 14.5. The van der Waals surface area contributed by atoms with Crippen molar-refractivity contribution < 1.29 is 14.4 Å². The molecule has 2 aromatic rings. The third kappa shape index (κ3) is 6.98. The predicted molar refractivity (Wildman–Crippen MR) is 104 cm³/mol. The number of nitrogens with one attached hydrogen (secondary N) is 2. The van der Waals surface area contributed by atoms with Gasteiger partial charge in [0.2, 0.25) is 0 Å². The molecular weight excluding hydrogens is 356 g/mol. The molecule has 1 amide bonds. The molecule has 0 aliphatic rings. The number of hydrogen-bond acceptors (Lipinski definition) is 3. The molecule has 2 rings (SSSR count). The lowest BCUT2D eigenvalue weighted by Crippen LogP contribution is -3.08. The third-order valence-electron chi connectivity index (χ3n) is 3.63. The molecule has 1 unspecified atom stereocenters. The number of halogens is 1. The van der Waals surface area contributed by atoms with E-state index in [0.717, 1.165) is 22.0 Å². The highest BCUT2D eigenvalue weighted by atomic mass is 35.5. The van der Waals surface area contributed by atoms with Gasteiger partial charge in [0.05, 0.1) is 14.2 Å². The molecule has 0 radical (unpaired) electrons. The van der Waals surface area contributed by atoms with Gasteiger partial charge in [-0.1, -0.05) is 29.8 Å². The number of quaternary nitrogens is 1. The first-order chi connectivity index (χ1) is 12.1. The molecule has 1 atom stereocenters. The van der Waals surface area contributed by atoms with E-state index in [-0.39, 0.29) is 5.91 Å². The maximum absolute atomic E-state index is 12.1. The Morgan fingerprint density at radius 2 is 2.00 bits per heavy atom. The lowest BCUT2D eigenvalue weighted by molar-refractivity contribution is -0.885. The fourth-order valence-corrected chi connectivity index (χ4v) is 3.47. The van der Waals surface area contributed by atoms with Crippen molar-refractivity contribution in [2.45, 2.75) is 11.4 Å². The second-order valence-electron chi connectivity index (χ2n) is 5.78. The topological polar surface area (TPSA) is 42.8 Å². The quantitative estimate of drug-likeness (QED) is 0.519. The molecule has 0 aliphatic heterocycles. The lowest BCUT2D eigenvalue weighted by atomic mass is 10.2. The van der Waals surface area contributed by atoms with Crippen LogP contribution in [0, 0.1) is 0 Å². The number of rotatable bonds is 9. The van der Waals surface area contributed by atoms with Crippen LogP contribution < -0.4 is 15.0 Å². The molecule has 0 fully saturated rings. The molecular formula is C19H24ClN2O2S+. The molecule has 0 aromatic heterocycles. The van der Waals surface area contributed by atoms with Crippen molar-refractivity contribution in [1.82, 2.24) is 5.32 Å². The Hall–Kier alpha value is -1.69. The largest absolute Gasteiger partial charge is 0.496 e. The molecule has 0 bridgehead atoms. The fourth-order valence-electron chi connectivity index (χ4n) is 2.49. The van der Waals surface area contributed by atoms with Gasteiger partial charge in [-0.05, 0) is 30.3 Å². The third-order valence-corrected chi connectivity index (χ3v) is 4.88. The zero-order valence-corrected chi connectivity index (χ0v) is 16.1. The van der Waals surface area contributed by atoms with Crippen molar-refractivity contribution in [3.8, 4) is 5.75 Å². The average Bonchev–Trinajstić information content (AvgIpc) is 2.60. The number of carbonyl (C=O) groups is 1. The number of benzene rings is 2. The van der Waals surface area contributed by atoms with E-state index in [0.29, 0.717) is 24.7 Å². The minimum Gasteiger partial charge on any atom is -0.496 e. The van der Waals surface area contributed by atoms with E-state index < -0.39 is 0 Å². The van der Waals surface area contributed by atoms with Crippen molar-refractivity contribution in [2.24, 2.45) is 0 Å². The summed E-state index contributed by atoms with van der Waals surface area (Å²) in [6.07, 6.45) is 0. The monoisotopic (exact) mass is 379 g/mol. The van der Waals surface area contributed by atoms with Gasteiger partial charge in [0, 0.05) is 27.8 Å². The Bertz CT molecular complexity index is 682. The van der Waals surface area contributed by atoms with Gasteiger partial charge in [0.1, 0.15) is 12.3 Å². The number of amides is 1. The van der Waals surface area contributed by atoms with Crippen LogP contribution >= 0.6 is 23.4 Å². The normalized spacial score (nSPS) is 11.8. The summed E-state index contributed by atoms with van der Waals surface area (Å²) >= 11 is 7.79. The maximum Gasteiger partial charge on any atom is 0.275 e. The van der Waals surface area contributed by atoms with Crippen molar-refractivity contribution in [1.29, 1.82) is 0 Å².